The van der Waals surface area contributed by atoms with Crippen LogP contribution >= 0.6 is 7.67 Å². The summed E-state index contributed by atoms with van der Waals surface area (Å²) < 4.78 is 46.6. The van der Waals surface area contributed by atoms with Crippen molar-refractivity contribution in [1.29, 1.82) is 0 Å². The third kappa shape index (κ3) is 7.14. The predicted molar refractivity (Wildman–Crippen MR) is 86.7 cm³/mol. The van der Waals surface area contributed by atoms with E-state index in [2.05, 4.69) is 4.73 Å². The van der Waals surface area contributed by atoms with Gasteiger partial charge >= 0.3 is 13.8 Å². The van der Waals surface area contributed by atoms with Crippen molar-refractivity contribution in [1.82, 2.24) is 14.2 Å². The highest BCUT2D eigenvalue weighted by Gasteiger charge is 2.39. The average Bonchev–Trinajstić information content (AvgIpc) is 2.63. The molecule has 148 valence electrons. The third-order valence-corrected chi connectivity index (χ3v) is 5.83. The number of halogens is 1. The minimum Gasteiger partial charge on any atom is -0.447 e. The molecule has 1 saturated heterocycles. The van der Waals surface area contributed by atoms with Crippen LogP contribution in [-0.2, 0) is 23.5 Å². The molecule has 1 amide bonds. The zero-order chi connectivity index (χ0) is 18.7. The average molecular weight is 387 g/mol. The second kappa shape index (κ2) is 11.7. The summed E-state index contributed by atoms with van der Waals surface area (Å²) in [4.78, 5) is 13.4. The Kier molecular flexibility index (Phi) is 10.4. The first-order chi connectivity index (χ1) is 12.0. The minimum absolute atomic E-state index is 0.0354. The van der Waals surface area contributed by atoms with Crippen molar-refractivity contribution in [2.45, 2.75) is 0 Å². The van der Waals surface area contributed by atoms with Crippen LogP contribution in [0.2, 0.25) is 0 Å². The van der Waals surface area contributed by atoms with Gasteiger partial charge < -0.3 is 24.2 Å². The summed E-state index contributed by atoms with van der Waals surface area (Å²) in [6.45, 7) is 2.22. The van der Waals surface area contributed by atoms with Gasteiger partial charge in [0.1, 0.15) is 6.61 Å². The lowest BCUT2D eigenvalue weighted by Gasteiger charge is -2.37. The van der Waals surface area contributed by atoms with Crippen LogP contribution in [0, 0.1) is 0 Å². The van der Waals surface area contributed by atoms with E-state index in [0.717, 1.165) is 0 Å². The van der Waals surface area contributed by atoms with Gasteiger partial charge in [-0.1, -0.05) is 0 Å². The Morgan fingerprint density at radius 1 is 1.08 bits per heavy atom. The number of aliphatic hydroxyl groups is 1. The second-order valence-electron chi connectivity index (χ2n) is 5.41. The van der Waals surface area contributed by atoms with Crippen molar-refractivity contribution in [3.8, 4) is 0 Å². The SMILES string of the molecule is CN(C)P(=O)(OF)N1CCN(C(=O)OCCOCCOCCO)CC1. The molecule has 0 aromatic heterocycles. The lowest BCUT2D eigenvalue weighted by molar-refractivity contribution is -0.0288. The summed E-state index contributed by atoms with van der Waals surface area (Å²) in [5, 5.41) is 8.52. The Balaban J connectivity index is 2.20. The number of piperazine rings is 1. The Bertz CT molecular complexity index is 436. The van der Waals surface area contributed by atoms with Crippen LogP contribution in [0.5, 0.6) is 0 Å². The van der Waals surface area contributed by atoms with E-state index in [-0.39, 0.29) is 52.6 Å². The Hall–Kier alpha value is -0.810. The number of carbonyl (C=O) groups is 1. The standard InChI is InChI=1S/C13H27FN3O7P/c1-15(2)25(20,24-14)17-5-3-16(4-6-17)13(19)23-12-11-22-10-9-21-8-7-18/h18H,3-12H2,1-2H3. The molecular formula is C13H27FN3O7P. The van der Waals surface area contributed by atoms with Gasteiger partial charge in [0.05, 0.1) is 33.0 Å². The maximum absolute atomic E-state index is 12.7. The molecule has 12 heteroatoms. The van der Waals surface area contributed by atoms with Gasteiger partial charge in [0, 0.05) is 26.2 Å². The van der Waals surface area contributed by atoms with E-state index in [0.29, 0.717) is 13.2 Å². The third-order valence-electron chi connectivity index (χ3n) is 3.53. The highest BCUT2D eigenvalue weighted by Crippen LogP contribution is 2.53. The zero-order valence-corrected chi connectivity index (χ0v) is 15.5. The van der Waals surface area contributed by atoms with Crippen molar-refractivity contribution < 1.29 is 37.9 Å². The highest BCUT2D eigenvalue weighted by molar-refractivity contribution is 7.53. The molecule has 10 nitrogen and oxygen atoms in total. The molecule has 1 unspecified atom stereocenters. The molecule has 1 fully saturated rings. The number of aliphatic hydroxyl groups excluding tert-OH is 1. The Labute approximate surface area is 146 Å². The van der Waals surface area contributed by atoms with Gasteiger partial charge in [0.25, 0.3) is 0 Å². The Morgan fingerprint density at radius 3 is 2.16 bits per heavy atom. The molecule has 1 aliphatic rings. The lowest BCUT2D eigenvalue weighted by atomic mass is 10.4. The number of rotatable bonds is 11. The number of hydrogen-bond acceptors (Lipinski definition) is 7. The van der Waals surface area contributed by atoms with E-state index in [9.17, 15) is 13.9 Å². The largest absolute Gasteiger partial charge is 0.447 e. The van der Waals surface area contributed by atoms with Gasteiger partial charge in [-0.15, -0.1) is 4.73 Å². The molecular weight excluding hydrogens is 360 g/mol. The fourth-order valence-corrected chi connectivity index (χ4v) is 3.56. The van der Waals surface area contributed by atoms with Crippen molar-refractivity contribution in [3.63, 3.8) is 0 Å². The fraction of sp³-hybridized carbons (Fsp3) is 0.923. The van der Waals surface area contributed by atoms with E-state index in [1.54, 1.807) is 0 Å². The van der Waals surface area contributed by atoms with E-state index < -0.39 is 13.8 Å². The maximum Gasteiger partial charge on any atom is 0.409 e. The van der Waals surface area contributed by atoms with Crippen LogP contribution in [0.1, 0.15) is 0 Å². The van der Waals surface area contributed by atoms with Gasteiger partial charge in [0.2, 0.25) is 0 Å². The molecule has 1 atom stereocenters. The van der Waals surface area contributed by atoms with E-state index in [1.165, 1.54) is 28.3 Å². The molecule has 0 aromatic carbocycles. The summed E-state index contributed by atoms with van der Waals surface area (Å²) in [5.41, 5.74) is 0. The normalized spacial score (nSPS) is 18.4. The molecule has 0 radical (unpaired) electrons. The molecule has 0 aromatic rings. The first-order valence-corrected chi connectivity index (χ1v) is 9.50. The van der Waals surface area contributed by atoms with Crippen molar-refractivity contribution in [2.24, 2.45) is 0 Å². The van der Waals surface area contributed by atoms with Gasteiger partial charge in [0.15, 0.2) is 0 Å². The van der Waals surface area contributed by atoms with Crippen molar-refractivity contribution in [3.05, 3.63) is 0 Å². The summed E-state index contributed by atoms with van der Waals surface area (Å²) in [6, 6.07) is 0. The molecule has 0 aliphatic carbocycles. The number of carbonyl (C=O) groups excluding carboxylic acids is 1. The quantitative estimate of drug-likeness (QED) is 0.397. The molecule has 0 bridgehead atoms. The maximum atomic E-state index is 12.7. The smallest absolute Gasteiger partial charge is 0.409 e. The first-order valence-electron chi connectivity index (χ1n) is 7.97. The molecule has 1 rings (SSSR count). The molecule has 1 N–H and O–H groups in total. The van der Waals surface area contributed by atoms with Crippen LogP contribution in [0.25, 0.3) is 0 Å². The van der Waals surface area contributed by atoms with E-state index in [1.807, 2.05) is 0 Å². The van der Waals surface area contributed by atoms with Crippen LogP contribution in [0.4, 0.5) is 9.32 Å². The van der Waals surface area contributed by atoms with Crippen LogP contribution in [0.15, 0.2) is 0 Å². The molecule has 0 spiro atoms. The topological polar surface area (TPSA) is 101 Å². The number of nitrogens with zero attached hydrogens (tertiary/aromatic N) is 3. The highest BCUT2D eigenvalue weighted by atomic mass is 31.2. The summed E-state index contributed by atoms with van der Waals surface area (Å²) in [5.74, 6) is 0. The number of hydrogen-bond donors (Lipinski definition) is 1. The molecule has 1 aliphatic heterocycles. The summed E-state index contributed by atoms with van der Waals surface area (Å²) in [6.07, 6.45) is -0.499. The van der Waals surface area contributed by atoms with E-state index in [4.69, 9.17) is 19.3 Å². The number of amides is 1. The molecule has 25 heavy (non-hydrogen) atoms. The first kappa shape index (κ1) is 22.2. The predicted octanol–water partition coefficient (Wildman–Crippen LogP) is 0.337. The van der Waals surface area contributed by atoms with Gasteiger partial charge in [-0.2, -0.15) is 0 Å². The van der Waals surface area contributed by atoms with Gasteiger partial charge in [-0.25, -0.2) is 14.1 Å². The summed E-state index contributed by atoms with van der Waals surface area (Å²) in [7, 11) is -0.737. The van der Waals surface area contributed by atoms with Crippen LogP contribution in [0.3, 0.4) is 0 Å². The van der Waals surface area contributed by atoms with Crippen LogP contribution < -0.4 is 0 Å². The molecule has 0 saturated carbocycles. The van der Waals surface area contributed by atoms with E-state index >= 15 is 0 Å². The van der Waals surface area contributed by atoms with Gasteiger partial charge in [-0.3, -0.25) is 4.57 Å². The molecule has 1 heterocycles. The van der Waals surface area contributed by atoms with Crippen LogP contribution in [-0.4, -0.2) is 105 Å². The van der Waals surface area contributed by atoms with Gasteiger partial charge in [-0.05, 0) is 18.6 Å². The summed E-state index contributed by atoms with van der Waals surface area (Å²) >= 11 is 0. The second-order valence-corrected chi connectivity index (χ2v) is 7.90. The number of ether oxygens (including phenoxy) is 3. The lowest BCUT2D eigenvalue weighted by Crippen LogP contribution is -2.48. The zero-order valence-electron chi connectivity index (χ0n) is 14.6. The monoisotopic (exact) mass is 387 g/mol. The van der Waals surface area contributed by atoms with Crippen molar-refractivity contribution >= 4 is 13.8 Å². The minimum atomic E-state index is -3.67. The Morgan fingerprint density at radius 2 is 1.64 bits per heavy atom. The fourth-order valence-electron chi connectivity index (χ4n) is 2.16. The van der Waals surface area contributed by atoms with Crippen molar-refractivity contribution in [2.75, 3.05) is 79.9 Å².